The predicted octanol–water partition coefficient (Wildman–Crippen LogP) is 4.23. The molecule has 0 saturated heterocycles. The summed E-state index contributed by atoms with van der Waals surface area (Å²) in [5.74, 6) is -2.36. The van der Waals surface area contributed by atoms with Crippen LogP contribution in [-0.4, -0.2) is 17.0 Å². The molecule has 4 nitrogen and oxygen atoms in total. The molecule has 0 fully saturated rings. The average molecular weight is 356 g/mol. The fourth-order valence-corrected chi connectivity index (χ4v) is 2.55. The van der Waals surface area contributed by atoms with Crippen LogP contribution in [0.2, 0.25) is 0 Å². The molecule has 1 aromatic heterocycles. The van der Waals surface area contributed by atoms with Gasteiger partial charge >= 0.3 is 0 Å². The van der Waals surface area contributed by atoms with Crippen molar-refractivity contribution in [3.8, 4) is 5.75 Å². The van der Waals surface area contributed by atoms with E-state index in [9.17, 15) is 13.6 Å². The highest BCUT2D eigenvalue weighted by Crippen LogP contribution is 2.25. The molecule has 6 heteroatoms. The van der Waals surface area contributed by atoms with Crippen LogP contribution in [0.25, 0.3) is 10.9 Å². The Hall–Kier alpha value is -3.02. The number of pyridine rings is 1. The van der Waals surface area contributed by atoms with Crippen molar-refractivity contribution in [1.82, 2.24) is 10.3 Å². The molecule has 26 heavy (non-hydrogen) atoms. The summed E-state index contributed by atoms with van der Waals surface area (Å²) >= 11 is 0. The van der Waals surface area contributed by atoms with E-state index in [1.54, 1.807) is 44.3 Å². The van der Waals surface area contributed by atoms with E-state index in [1.807, 2.05) is 6.07 Å². The molecule has 0 aliphatic heterocycles. The number of aromatic nitrogens is 1. The van der Waals surface area contributed by atoms with E-state index in [-0.39, 0.29) is 24.1 Å². The third-order valence-corrected chi connectivity index (χ3v) is 3.79. The Bertz CT molecular complexity index is 958. The Morgan fingerprint density at radius 2 is 2.00 bits per heavy atom. The number of rotatable bonds is 5. The van der Waals surface area contributed by atoms with Gasteiger partial charge in [-0.15, -0.1) is 0 Å². The summed E-state index contributed by atoms with van der Waals surface area (Å²) in [6, 6.07) is 11.2. The molecule has 0 unspecified atom stereocenters. The fourth-order valence-electron chi connectivity index (χ4n) is 2.55. The van der Waals surface area contributed by atoms with E-state index < -0.39 is 17.4 Å². The predicted molar refractivity (Wildman–Crippen MR) is 95.0 cm³/mol. The summed E-state index contributed by atoms with van der Waals surface area (Å²) < 4.78 is 33.4. The lowest BCUT2D eigenvalue weighted by molar-refractivity contribution is 0.0950. The van der Waals surface area contributed by atoms with Gasteiger partial charge in [-0.25, -0.2) is 8.78 Å². The maximum absolute atomic E-state index is 14.4. The lowest BCUT2D eigenvalue weighted by Gasteiger charge is -2.14. The number of nitrogens with zero attached hydrogens (tertiary/aromatic N) is 1. The number of ether oxygens (including phenoxy) is 1. The molecule has 0 aliphatic rings. The van der Waals surface area contributed by atoms with Crippen molar-refractivity contribution in [3.63, 3.8) is 0 Å². The first-order chi connectivity index (χ1) is 12.5. The van der Waals surface area contributed by atoms with Crippen LogP contribution in [-0.2, 0) is 6.54 Å². The van der Waals surface area contributed by atoms with Crippen LogP contribution < -0.4 is 10.1 Å². The number of halogens is 2. The highest BCUT2D eigenvalue weighted by molar-refractivity contribution is 5.97. The third kappa shape index (κ3) is 3.79. The van der Waals surface area contributed by atoms with Crippen molar-refractivity contribution in [1.29, 1.82) is 0 Å². The van der Waals surface area contributed by atoms with Crippen molar-refractivity contribution in [2.45, 2.75) is 26.5 Å². The average Bonchev–Trinajstić information content (AvgIpc) is 2.63. The number of amides is 1. The molecule has 3 rings (SSSR count). The molecule has 1 heterocycles. The molecule has 0 atom stereocenters. The number of carbonyl (C=O) groups is 1. The topological polar surface area (TPSA) is 51.2 Å². The maximum Gasteiger partial charge on any atom is 0.251 e. The monoisotopic (exact) mass is 356 g/mol. The maximum atomic E-state index is 14.4. The molecule has 1 amide bonds. The quantitative estimate of drug-likeness (QED) is 0.744. The summed E-state index contributed by atoms with van der Waals surface area (Å²) in [5, 5.41) is 3.48. The van der Waals surface area contributed by atoms with Crippen LogP contribution in [0.5, 0.6) is 5.75 Å². The second-order valence-corrected chi connectivity index (χ2v) is 6.11. The molecule has 2 aromatic carbocycles. The number of fused-ring (bicyclic) bond motifs is 1. The zero-order chi connectivity index (χ0) is 18.7. The van der Waals surface area contributed by atoms with Gasteiger partial charge in [-0.3, -0.25) is 9.78 Å². The molecule has 134 valence electrons. The van der Waals surface area contributed by atoms with E-state index in [2.05, 4.69) is 10.3 Å². The van der Waals surface area contributed by atoms with Gasteiger partial charge in [0.05, 0.1) is 11.6 Å². The number of nitrogens with one attached hydrogen (secondary N) is 1. The second kappa shape index (κ2) is 7.47. The number of carbonyl (C=O) groups excluding carboxylic acids is 1. The largest absolute Gasteiger partial charge is 0.485 e. The smallest absolute Gasteiger partial charge is 0.251 e. The van der Waals surface area contributed by atoms with Crippen molar-refractivity contribution >= 4 is 16.8 Å². The first-order valence-corrected chi connectivity index (χ1v) is 8.22. The van der Waals surface area contributed by atoms with E-state index in [4.69, 9.17) is 4.74 Å². The Balaban J connectivity index is 1.76. The second-order valence-electron chi connectivity index (χ2n) is 6.11. The van der Waals surface area contributed by atoms with Gasteiger partial charge in [0.15, 0.2) is 17.4 Å². The minimum Gasteiger partial charge on any atom is -0.485 e. The summed E-state index contributed by atoms with van der Waals surface area (Å²) in [6.45, 7) is 3.29. The Morgan fingerprint density at radius 1 is 1.19 bits per heavy atom. The molecule has 0 aliphatic carbocycles. The third-order valence-electron chi connectivity index (χ3n) is 3.79. The molecule has 1 N–H and O–H groups in total. The van der Waals surface area contributed by atoms with Crippen LogP contribution >= 0.6 is 0 Å². The lowest BCUT2D eigenvalue weighted by atomic mass is 10.1. The summed E-state index contributed by atoms with van der Waals surface area (Å²) in [5.41, 5.74) is 1.37. The van der Waals surface area contributed by atoms with E-state index in [0.717, 1.165) is 17.0 Å². The summed E-state index contributed by atoms with van der Waals surface area (Å²) in [4.78, 5) is 16.5. The van der Waals surface area contributed by atoms with Gasteiger partial charge < -0.3 is 10.1 Å². The number of hydrogen-bond donors (Lipinski definition) is 1. The molecular weight excluding hydrogens is 338 g/mol. The highest BCUT2D eigenvalue weighted by Gasteiger charge is 2.17. The zero-order valence-electron chi connectivity index (χ0n) is 14.4. The first kappa shape index (κ1) is 17.8. The van der Waals surface area contributed by atoms with Crippen molar-refractivity contribution in [2.24, 2.45) is 0 Å². The molecule has 0 bridgehead atoms. The SMILES string of the molecule is CC(C)Oc1c(F)ccc(CNC(=O)c2ccc3ncccc3c2)c1F. The standard InChI is InChI=1S/C20H18F2N2O2/c1-12(2)26-19-16(21)7-5-15(18(19)22)11-24-20(25)14-6-8-17-13(10-14)4-3-9-23-17/h3-10,12H,11H2,1-2H3,(H,24,25). The van der Waals surface area contributed by atoms with Crippen LogP contribution in [0.1, 0.15) is 29.8 Å². The first-order valence-electron chi connectivity index (χ1n) is 8.22. The summed E-state index contributed by atoms with van der Waals surface area (Å²) in [7, 11) is 0. The lowest BCUT2D eigenvalue weighted by Crippen LogP contribution is -2.23. The van der Waals surface area contributed by atoms with Gasteiger partial charge in [0, 0.05) is 29.3 Å². The molecule has 0 saturated carbocycles. The normalized spacial score (nSPS) is 11.0. The van der Waals surface area contributed by atoms with Gasteiger partial charge in [0.2, 0.25) is 0 Å². The Kier molecular flexibility index (Phi) is 5.11. The van der Waals surface area contributed by atoms with Gasteiger partial charge in [0.25, 0.3) is 5.91 Å². The van der Waals surface area contributed by atoms with Gasteiger partial charge in [0.1, 0.15) is 0 Å². The van der Waals surface area contributed by atoms with Crippen LogP contribution in [0.15, 0.2) is 48.7 Å². The van der Waals surface area contributed by atoms with Crippen molar-refractivity contribution in [3.05, 3.63) is 71.4 Å². The summed E-state index contributed by atoms with van der Waals surface area (Å²) in [6.07, 6.45) is 1.31. The molecule has 3 aromatic rings. The highest BCUT2D eigenvalue weighted by atomic mass is 19.1. The van der Waals surface area contributed by atoms with Crippen molar-refractivity contribution in [2.75, 3.05) is 0 Å². The minimum absolute atomic E-state index is 0.0789. The van der Waals surface area contributed by atoms with E-state index in [1.165, 1.54) is 6.07 Å². The number of benzene rings is 2. The van der Waals surface area contributed by atoms with Crippen LogP contribution in [0, 0.1) is 11.6 Å². The Labute approximate surface area is 149 Å². The van der Waals surface area contributed by atoms with Crippen LogP contribution in [0.4, 0.5) is 8.78 Å². The van der Waals surface area contributed by atoms with Gasteiger partial charge in [-0.1, -0.05) is 12.1 Å². The van der Waals surface area contributed by atoms with E-state index in [0.29, 0.717) is 5.56 Å². The molecule has 0 radical (unpaired) electrons. The van der Waals surface area contributed by atoms with Gasteiger partial charge in [-0.2, -0.15) is 0 Å². The Morgan fingerprint density at radius 3 is 2.77 bits per heavy atom. The molecular formula is C20H18F2N2O2. The van der Waals surface area contributed by atoms with Crippen molar-refractivity contribution < 1.29 is 18.3 Å². The fraction of sp³-hybridized carbons (Fsp3) is 0.200. The minimum atomic E-state index is -0.804. The zero-order valence-corrected chi connectivity index (χ0v) is 14.4. The molecule has 0 spiro atoms. The van der Waals surface area contributed by atoms with Crippen LogP contribution in [0.3, 0.4) is 0 Å². The number of hydrogen-bond acceptors (Lipinski definition) is 3. The van der Waals surface area contributed by atoms with E-state index >= 15 is 0 Å². The van der Waals surface area contributed by atoms with Gasteiger partial charge in [-0.05, 0) is 44.2 Å².